The molecule has 1 aliphatic rings. The molecular formula is C14H26ClNO. The van der Waals surface area contributed by atoms with Gasteiger partial charge in [0.15, 0.2) is 0 Å². The topological polar surface area (TPSA) is 20.3 Å². The van der Waals surface area contributed by atoms with Crippen LogP contribution in [0.1, 0.15) is 58.3 Å². The highest BCUT2D eigenvalue weighted by atomic mass is 35.5. The van der Waals surface area contributed by atoms with Crippen LogP contribution in [0.2, 0.25) is 0 Å². The predicted molar refractivity (Wildman–Crippen MR) is 73.4 cm³/mol. The first-order chi connectivity index (χ1) is 8.13. The molecule has 2 nitrogen and oxygen atoms in total. The van der Waals surface area contributed by atoms with E-state index >= 15 is 0 Å². The lowest BCUT2D eigenvalue weighted by atomic mass is 9.84. The van der Waals surface area contributed by atoms with Crippen LogP contribution in [0.4, 0.5) is 0 Å². The van der Waals surface area contributed by atoms with Gasteiger partial charge in [0.1, 0.15) is 0 Å². The Hall–Kier alpha value is -0.240. The minimum atomic E-state index is 0.305. The Morgan fingerprint density at radius 1 is 1.24 bits per heavy atom. The molecule has 0 aromatic heterocycles. The first kappa shape index (κ1) is 14.8. The molecule has 0 aromatic carbocycles. The molecule has 0 unspecified atom stereocenters. The molecule has 1 rings (SSSR count). The lowest BCUT2D eigenvalue weighted by Gasteiger charge is -2.34. The number of nitrogens with zero attached hydrogens (tertiary/aromatic N) is 1. The number of alkyl halides is 1. The molecule has 0 spiro atoms. The second-order valence-corrected chi connectivity index (χ2v) is 5.99. The van der Waals surface area contributed by atoms with Gasteiger partial charge in [0.25, 0.3) is 0 Å². The van der Waals surface area contributed by atoms with E-state index in [1.807, 2.05) is 11.9 Å². The highest BCUT2D eigenvalue weighted by molar-refractivity contribution is 6.21. The molecule has 0 atom stereocenters. The van der Waals surface area contributed by atoms with Gasteiger partial charge in [-0.2, -0.15) is 0 Å². The van der Waals surface area contributed by atoms with E-state index in [4.69, 9.17) is 11.6 Å². The van der Waals surface area contributed by atoms with Crippen molar-refractivity contribution in [1.29, 1.82) is 0 Å². The summed E-state index contributed by atoms with van der Waals surface area (Å²) in [4.78, 5) is 13.7. The average Bonchev–Trinajstić information content (AvgIpc) is 2.26. The molecule has 1 fully saturated rings. The number of hydrogen-bond donors (Lipinski definition) is 0. The molecule has 3 heteroatoms. The smallest absolute Gasteiger partial charge is 0.222 e. The van der Waals surface area contributed by atoms with Crippen LogP contribution in [0, 0.1) is 5.92 Å². The zero-order chi connectivity index (χ0) is 12.7. The van der Waals surface area contributed by atoms with Crippen LogP contribution in [0.15, 0.2) is 0 Å². The van der Waals surface area contributed by atoms with Crippen LogP contribution in [-0.2, 0) is 4.79 Å². The molecule has 0 heterocycles. The van der Waals surface area contributed by atoms with E-state index in [0.29, 0.717) is 17.2 Å². The molecule has 0 radical (unpaired) electrons. The third-order valence-corrected chi connectivity index (χ3v) is 3.99. The van der Waals surface area contributed by atoms with Crippen molar-refractivity contribution >= 4 is 17.5 Å². The van der Waals surface area contributed by atoms with Gasteiger partial charge in [0, 0.05) is 25.4 Å². The third kappa shape index (κ3) is 5.76. The Labute approximate surface area is 111 Å². The monoisotopic (exact) mass is 259 g/mol. The summed E-state index contributed by atoms with van der Waals surface area (Å²) in [6, 6.07) is 0. The van der Waals surface area contributed by atoms with Gasteiger partial charge in [0.2, 0.25) is 5.91 Å². The summed E-state index contributed by atoms with van der Waals surface area (Å²) >= 11 is 5.94. The van der Waals surface area contributed by atoms with E-state index in [-0.39, 0.29) is 0 Å². The number of carbonyl (C=O) groups excluding carboxylic acids is 1. The number of hydrogen-bond acceptors (Lipinski definition) is 1. The van der Waals surface area contributed by atoms with E-state index in [1.54, 1.807) is 0 Å². The molecule has 0 N–H and O–H groups in total. The van der Waals surface area contributed by atoms with Crippen LogP contribution >= 0.6 is 11.6 Å². The fourth-order valence-corrected chi connectivity index (χ4v) is 2.87. The molecule has 0 bridgehead atoms. The summed E-state index contributed by atoms with van der Waals surface area (Å²) in [7, 11) is 1.93. The summed E-state index contributed by atoms with van der Waals surface area (Å²) in [6.07, 6.45) is 8.94. The van der Waals surface area contributed by atoms with E-state index in [2.05, 4.69) is 6.92 Å². The standard InChI is InChI=1S/C14H26ClNO/c1-3-4-5-6-7-8-14(17)16(2)11-12-9-13(15)10-12/h12-13H,3-11H2,1-2H3. The van der Waals surface area contributed by atoms with Crippen molar-refractivity contribution in [3.63, 3.8) is 0 Å². The van der Waals surface area contributed by atoms with Crippen molar-refractivity contribution in [3.8, 4) is 0 Å². The Kier molecular flexibility index (Phi) is 6.94. The highest BCUT2D eigenvalue weighted by Gasteiger charge is 2.28. The molecule has 17 heavy (non-hydrogen) atoms. The number of carbonyl (C=O) groups is 1. The van der Waals surface area contributed by atoms with Crippen molar-refractivity contribution in [2.45, 2.75) is 63.7 Å². The van der Waals surface area contributed by atoms with Crippen LogP contribution in [0.5, 0.6) is 0 Å². The zero-order valence-corrected chi connectivity index (χ0v) is 12.0. The molecule has 0 saturated heterocycles. The van der Waals surface area contributed by atoms with Gasteiger partial charge in [-0.15, -0.1) is 11.6 Å². The van der Waals surface area contributed by atoms with Gasteiger partial charge in [-0.3, -0.25) is 4.79 Å². The Morgan fingerprint density at radius 2 is 1.88 bits per heavy atom. The Bertz CT molecular complexity index is 226. The first-order valence-electron chi connectivity index (χ1n) is 7.01. The largest absolute Gasteiger partial charge is 0.345 e. The van der Waals surface area contributed by atoms with Crippen LogP contribution < -0.4 is 0 Å². The van der Waals surface area contributed by atoms with E-state index in [9.17, 15) is 4.79 Å². The third-order valence-electron chi connectivity index (χ3n) is 3.63. The number of unbranched alkanes of at least 4 members (excludes halogenated alkanes) is 4. The average molecular weight is 260 g/mol. The lowest BCUT2D eigenvalue weighted by molar-refractivity contribution is -0.130. The number of rotatable bonds is 8. The Morgan fingerprint density at radius 3 is 2.47 bits per heavy atom. The van der Waals surface area contributed by atoms with Crippen LogP contribution in [0.25, 0.3) is 0 Å². The van der Waals surface area contributed by atoms with Crippen LogP contribution in [-0.4, -0.2) is 29.8 Å². The van der Waals surface area contributed by atoms with Gasteiger partial charge in [-0.1, -0.05) is 32.6 Å². The first-order valence-corrected chi connectivity index (χ1v) is 7.45. The van der Waals surface area contributed by atoms with Crippen molar-refractivity contribution in [1.82, 2.24) is 4.90 Å². The van der Waals surface area contributed by atoms with Gasteiger partial charge < -0.3 is 4.90 Å². The second kappa shape index (κ2) is 7.97. The summed E-state index contributed by atoms with van der Waals surface area (Å²) in [5.41, 5.74) is 0. The van der Waals surface area contributed by atoms with Crippen molar-refractivity contribution < 1.29 is 4.79 Å². The number of amides is 1. The maximum absolute atomic E-state index is 11.8. The fourth-order valence-electron chi connectivity index (χ4n) is 2.36. The maximum Gasteiger partial charge on any atom is 0.222 e. The fraction of sp³-hybridized carbons (Fsp3) is 0.929. The zero-order valence-electron chi connectivity index (χ0n) is 11.3. The molecule has 1 amide bonds. The summed E-state index contributed by atoms with van der Waals surface area (Å²) in [5.74, 6) is 0.950. The second-order valence-electron chi connectivity index (χ2n) is 5.37. The van der Waals surface area contributed by atoms with Crippen molar-refractivity contribution in [2.75, 3.05) is 13.6 Å². The van der Waals surface area contributed by atoms with Crippen LogP contribution in [0.3, 0.4) is 0 Å². The molecule has 1 saturated carbocycles. The van der Waals surface area contributed by atoms with E-state index in [0.717, 1.165) is 32.2 Å². The quantitative estimate of drug-likeness (QED) is 0.479. The summed E-state index contributed by atoms with van der Waals surface area (Å²) in [6.45, 7) is 3.11. The SMILES string of the molecule is CCCCCCCC(=O)N(C)CC1CC(Cl)C1. The molecule has 0 aromatic rings. The summed E-state index contributed by atoms with van der Waals surface area (Å²) in [5, 5.41) is 0.359. The minimum absolute atomic E-state index is 0.305. The van der Waals surface area contributed by atoms with Gasteiger partial charge >= 0.3 is 0 Å². The molecular weight excluding hydrogens is 234 g/mol. The molecule has 0 aliphatic heterocycles. The van der Waals surface area contributed by atoms with Crippen molar-refractivity contribution in [2.24, 2.45) is 5.92 Å². The molecule has 1 aliphatic carbocycles. The minimum Gasteiger partial charge on any atom is -0.345 e. The van der Waals surface area contributed by atoms with E-state index < -0.39 is 0 Å². The normalized spacial score (nSPS) is 23.2. The van der Waals surface area contributed by atoms with Gasteiger partial charge in [-0.25, -0.2) is 0 Å². The maximum atomic E-state index is 11.8. The highest BCUT2D eigenvalue weighted by Crippen LogP contribution is 2.32. The van der Waals surface area contributed by atoms with Gasteiger partial charge in [0.05, 0.1) is 0 Å². The lowest BCUT2D eigenvalue weighted by Crippen LogP contribution is -2.37. The van der Waals surface area contributed by atoms with Crippen molar-refractivity contribution in [3.05, 3.63) is 0 Å². The van der Waals surface area contributed by atoms with Gasteiger partial charge in [-0.05, 0) is 25.2 Å². The number of halogens is 1. The Balaban J connectivity index is 2.02. The summed E-state index contributed by atoms with van der Waals surface area (Å²) < 4.78 is 0. The predicted octanol–water partition coefficient (Wildman–Crippen LogP) is 3.82. The molecule has 100 valence electrons. The van der Waals surface area contributed by atoms with E-state index in [1.165, 1.54) is 25.7 Å².